The van der Waals surface area contributed by atoms with Gasteiger partial charge in [0.05, 0.1) is 18.9 Å². The molecule has 0 fully saturated rings. The Morgan fingerprint density at radius 2 is 1.57 bits per heavy atom. The molecule has 1 heterocycles. The van der Waals surface area contributed by atoms with Crippen LogP contribution in [0.4, 0.5) is 5.69 Å². The normalized spacial score (nSPS) is 11.4. The van der Waals surface area contributed by atoms with Gasteiger partial charge in [-0.15, -0.1) is 23.1 Å². The van der Waals surface area contributed by atoms with Crippen LogP contribution in [0.2, 0.25) is 0 Å². The molecular formula is C31H39N3O5S3. The molecule has 42 heavy (non-hydrogen) atoms. The zero-order valence-corrected chi connectivity index (χ0v) is 26.5. The monoisotopic (exact) mass is 629 g/mol. The van der Waals surface area contributed by atoms with Gasteiger partial charge in [-0.25, -0.2) is 8.42 Å². The maximum atomic E-state index is 13.7. The molecule has 3 aromatic rings. The highest BCUT2D eigenvalue weighted by Gasteiger charge is 2.25. The topological polar surface area (TPSA) is 150 Å². The molecule has 0 spiro atoms. The van der Waals surface area contributed by atoms with Crippen molar-refractivity contribution in [1.29, 1.82) is 5.41 Å². The lowest BCUT2D eigenvalue weighted by atomic mass is 9.98. The summed E-state index contributed by atoms with van der Waals surface area (Å²) in [5.41, 5.74) is 8.62. The number of amides is 1. The summed E-state index contributed by atoms with van der Waals surface area (Å²) in [5, 5.41) is 19.4. The van der Waals surface area contributed by atoms with Crippen LogP contribution in [0, 0.1) is 12.3 Å². The molecule has 0 atom stereocenters. The van der Waals surface area contributed by atoms with Gasteiger partial charge in [-0.2, -0.15) is 0 Å². The first-order valence-corrected chi connectivity index (χ1v) is 17.6. The Balaban J connectivity index is 1.66. The van der Waals surface area contributed by atoms with Gasteiger partial charge in [-0.05, 0) is 61.4 Å². The fourth-order valence-electron chi connectivity index (χ4n) is 4.76. The third kappa shape index (κ3) is 9.17. The van der Waals surface area contributed by atoms with Crippen molar-refractivity contribution in [3.8, 4) is 11.1 Å². The number of carboxylic acid groups (broad SMARTS) is 1. The second-order valence-electron chi connectivity index (χ2n) is 10.2. The Morgan fingerprint density at radius 1 is 0.952 bits per heavy atom. The molecule has 0 saturated carbocycles. The lowest BCUT2D eigenvalue weighted by molar-refractivity contribution is -0.137. The van der Waals surface area contributed by atoms with E-state index in [-0.39, 0.29) is 28.0 Å². The van der Waals surface area contributed by atoms with Crippen LogP contribution in [0.25, 0.3) is 11.1 Å². The highest BCUT2D eigenvalue weighted by atomic mass is 32.2. The molecule has 0 saturated heterocycles. The van der Waals surface area contributed by atoms with Crippen molar-refractivity contribution < 1.29 is 23.1 Å². The van der Waals surface area contributed by atoms with Crippen molar-refractivity contribution in [2.45, 2.75) is 85.1 Å². The molecule has 0 radical (unpaired) electrons. The van der Waals surface area contributed by atoms with E-state index in [4.69, 9.17) is 16.2 Å². The number of anilines is 1. The zero-order chi connectivity index (χ0) is 30.7. The van der Waals surface area contributed by atoms with Gasteiger partial charge in [0.2, 0.25) is 15.7 Å². The summed E-state index contributed by atoms with van der Waals surface area (Å²) in [5.74, 6) is -0.994. The SMILES string of the molecule is CSc1sc(C(=N)N)cc1S(=O)(=O)c1cccc(-c2c(C)cccc2NC(=O)CCCCCCCCCCC(=O)O)c1. The fourth-order valence-corrected chi connectivity index (χ4v) is 8.66. The second kappa shape index (κ2) is 15.9. The number of aryl methyl sites for hydroxylation is 1. The first kappa shape index (κ1) is 33.4. The number of hydrogen-bond donors (Lipinski definition) is 4. The van der Waals surface area contributed by atoms with Crippen LogP contribution >= 0.6 is 23.1 Å². The molecule has 1 amide bonds. The molecule has 5 N–H and O–H groups in total. The second-order valence-corrected chi connectivity index (χ2v) is 14.2. The summed E-state index contributed by atoms with van der Waals surface area (Å²) in [6.07, 6.45) is 10.1. The van der Waals surface area contributed by atoms with Crippen LogP contribution in [0.15, 0.2) is 62.5 Å². The summed E-state index contributed by atoms with van der Waals surface area (Å²) in [4.78, 5) is 24.1. The van der Waals surface area contributed by atoms with E-state index in [0.29, 0.717) is 26.8 Å². The number of sulfone groups is 1. The Labute approximate surface area is 256 Å². The van der Waals surface area contributed by atoms with Gasteiger partial charge >= 0.3 is 5.97 Å². The zero-order valence-electron chi connectivity index (χ0n) is 24.1. The van der Waals surface area contributed by atoms with E-state index in [1.54, 1.807) is 24.5 Å². The number of carbonyl (C=O) groups is 2. The van der Waals surface area contributed by atoms with E-state index < -0.39 is 15.8 Å². The number of hydrogen-bond acceptors (Lipinski definition) is 7. The molecule has 0 bridgehead atoms. The summed E-state index contributed by atoms with van der Waals surface area (Å²) >= 11 is 2.49. The van der Waals surface area contributed by atoms with E-state index in [9.17, 15) is 18.0 Å². The van der Waals surface area contributed by atoms with Crippen molar-refractivity contribution >= 4 is 56.3 Å². The van der Waals surface area contributed by atoms with E-state index in [2.05, 4.69) is 5.32 Å². The Morgan fingerprint density at radius 3 is 2.19 bits per heavy atom. The van der Waals surface area contributed by atoms with Crippen LogP contribution < -0.4 is 11.1 Å². The van der Waals surface area contributed by atoms with Gasteiger partial charge < -0.3 is 16.2 Å². The highest BCUT2D eigenvalue weighted by Crippen LogP contribution is 2.39. The van der Waals surface area contributed by atoms with Gasteiger partial charge in [-0.3, -0.25) is 15.0 Å². The number of nitrogen functional groups attached to an aromatic ring is 1. The number of unbranched alkanes of at least 4 members (excludes halogenated alkanes) is 7. The summed E-state index contributed by atoms with van der Waals surface area (Å²) in [6.45, 7) is 1.93. The number of benzene rings is 2. The van der Waals surface area contributed by atoms with Crippen molar-refractivity contribution in [2.24, 2.45) is 5.73 Å². The maximum absolute atomic E-state index is 13.7. The third-order valence-electron chi connectivity index (χ3n) is 6.93. The van der Waals surface area contributed by atoms with E-state index in [1.807, 2.05) is 31.2 Å². The molecule has 0 aliphatic heterocycles. The van der Waals surface area contributed by atoms with E-state index in [1.165, 1.54) is 29.2 Å². The number of aliphatic carboxylic acids is 1. The first-order valence-electron chi connectivity index (χ1n) is 14.0. The number of amidine groups is 1. The Kier molecular flexibility index (Phi) is 12.6. The third-order valence-corrected chi connectivity index (χ3v) is 11.3. The number of nitrogens with two attached hydrogens (primary N) is 1. The summed E-state index contributed by atoms with van der Waals surface area (Å²) in [6, 6.07) is 13.8. The minimum atomic E-state index is -3.88. The quantitative estimate of drug-likeness (QED) is 0.0523. The summed E-state index contributed by atoms with van der Waals surface area (Å²) < 4.78 is 27.9. The smallest absolute Gasteiger partial charge is 0.303 e. The van der Waals surface area contributed by atoms with Crippen LogP contribution in [0.5, 0.6) is 0 Å². The van der Waals surface area contributed by atoms with Crippen molar-refractivity contribution in [3.05, 3.63) is 59.0 Å². The molecule has 226 valence electrons. The molecule has 0 aliphatic rings. The largest absolute Gasteiger partial charge is 0.481 e. The van der Waals surface area contributed by atoms with Gasteiger partial charge in [0, 0.05) is 24.1 Å². The molecule has 3 rings (SSSR count). The minimum absolute atomic E-state index is 0.0843. The van der Waals surface area contributed by atoms with Crippen molar-refractivity contribution in [2.75, 3.05) is 11.6 Å². The predicted octanol–water partition coefficient (Wildman–Crippen LogP) is 7.49. The molecular weight excluding hydrogens is 591 g/mol. The van der Waals surface area contributed by atoms with Crippen molar-refractivity contribution in [3.63, 3.8) is 0 Å². The number of rotatable bonds is 17. The maximum Gasteiger partial charge on any atom is 0.303 e. The van der Waals surface area contributed by atoms with Gasteiger partial charge in [0.15, 0.2) is 0 Å². The molecule has 1 aromatic heterocycles. The molecule has 8 nitrogen and oxygen atoms in total. The first-order chi connectivity index (χ1) is 20.0. The number of carbonyl (C=O) groups excluding carboxylic acids is 1. The molecule has 11 heteroatoms. The average molecular weight is 630 g/mol. The predicted molar refractivity (Wildman–Crippen MR) is 172 cm³/mol. The van der Waals surface area contributed by atoms with Crippen LogP contribution in [-0.2, 0) is 19.4 Å². The van der Waals surface area contributed by atoms with Gasteiger partial charge in [0.1, 0.15) is 5.84 Å². The molecule has 0 unspecified atom stereocenters. The van der Waals surface area contributed by atoms with E-state index >= 15 is 0 Å². The molecule has 2 aromatic carbocycles. The minimum Gasteiger partial charge on any atom is -0.481 e. The number of nitrogens with one attached hydrogen (secondary N) is 2. The van der Waals surface area contributed by atoms with Crippen LogP contribution in [0.3, 0.4) is 0 Å². The Hall–Kier alpha value is -3.15. The van der Waals surface area contributed by atoms with E-state index in [0.717, 1.165) is 62.5 Å². The number of thiophene rings is 1. The summed E-state index contributed by atoms with van der Waals surface area (Å²) in [7, 11) is -3.88. The molecule has 0 aliphatic carbocycles. The highest BCUT2D eigenvalue weighted by molar-refractivity contribution is 8.01. The van der Waals surface area contributed by atoms with Crippen molar-refractivity contribution in [1.82, 2.24) is 0 Å². The average Bonchev–Trinajstić information content (AvgIpc) is 3.40. The standard InChI is InChI=1S/C31H39N3O5S3/c1-21-13-11-16-24(34-27(35)17-9-7-5-3-4-6-8-10-18-28(36)37)29(21)22-14-12-15-23(19-22)42(38,39)26-20-25(30(32)33)41-31(26)40-2/h11-16,19-20H,3-10,17-18H2,1-2H3,(H3,32,33)(H,34,35)(H,36,37). The number of thioether (sulfide) groups is 1. The van der Waals surface area contributed by atoms with Gasteiger partial charge in [-0.1, -0.05) is 62.8 Å². The lowest BCUT2D eigenvalue weighted by Gasteiger charge is -2.15. The van der Waals surface area contributed by atoms with Gasteiger partial charge in [0.25, 0.3) is 0 Å². The number of carboxylic acids is 1. The van der Waals surface area contributed by atoms with Crippen LogP contribution in [-0.4, -0.2) is 37.5 Å². The fraction of sp³-hybridized carbons (Fsp3) is 0.387. The van der Waals surface area contributed by atoms with Crippen LogP contribution in [0.1, 0.15) is 74.6 Å². The lowest BCUT2D eigenvalue weighted by Crippen LogP contribution is -2.12. The Bertz CT molecular complexity index is 1520.